The molecule has 0 N–H and O–H groups in total. The molecule has 210 valence electrons. The van der Waals surface area contributed by atoms with E-state index in [2.05, 4.69) is 13.8 Å². The summed E-state index contributed by atoms with van der Waals surface area (Å²) in [5, 5.41) is 0. The molecule has 1 aliphatic rings. The summed E-state index contributed by atoms with van der Waals surface area (Å²) in [7, 11) is 1.68. The molecule has 2 atom stereocenters. The van der Waals surface area contributed by atoms with Crippen molar-refractivity contribution in [3.8, 4) is 0 Å². The molecule has 1 fully saturated rings. The molecule has 3 rings (SSSR count). The van der Waals surface area contributed by atoms with Crippen LogP contribution in [0.1, 0.15) is 71.4 Å². The number of ketones is 1. The van der Waals surface area contributed by atoms with Gasteiger partial charge in [-0.1, -0.05) is 26.0 Å². The van der Waals surface area contributed by atoms with E-state index in [1.54, 1.807) is 18.9 Å². The highest BCUT2D eigenvalue weighted by Gasteiger charge is 2.39. The van der Waals surface area contributed by atoms with Gasteiger partial charge >= 0.3 is 6.09 Å². The Kier molecular flexibility index (Phi) is 9.93. The van der Waals surface area contributed by atoms with Gasteiger partial charge in [0.25, 0.3) is 5.91 Å². The number of piperidine rings is 1. The summed E-state index contributed by atoms with van der Waals surface area (Å²) < 4.78 is 12.8. The van der Waals surface area contributed by atoms with E-state index in [9.17, 15) is 14.4 Å². The number of imidazole rings is 1. The fraction of sp³-hybridized carbons (Fsp3) is 0.655. The number of ether oxygens (including phenoxy) is 2. The van der Waals surface area contributed by atoms with Crippen molar-refractivity contribution in [1.29, 1.82) is 0 Å². The number of hydrogen-bond donors (Lipinski definition) is 0. The lowest BCUT2D eigenvalue weighted by atomic mass is 9.90. The zero-order valence-electron chi connectivity index (χ0n) is 24.0. The van der Waals surface area contributed by atoms with Crippen LogP contribution in [-0.4, -0.2) is 82.1 Å². The minimum absolute atomic E-state index is 0.00517. The zero-order chi connectivity index (χ0) is 28.0. The minimum Gasteiger partial charge on any atom is -0.444 e. The van der Waals surface area contributed by atoms with Crippen LogP contribution in [0.2, 0.25) is 0 Å². The highest BCUT2D eigenvalue weighted by Crippen LogP contribution is 2.27. The fourth-order valence-corrected chi connectivity index (χ4v) is 4.97. The molecule has 1 aromatic carbocycles. The number of hydrogen-bond acceptors (Lipinski definition) is 6. The van der Waals surface area contributed by atoms with E-state index in [1.807, 2.05) is 54.5 Å². The van der Waals surface area contributed by atoms with Crippen molar-refractivity contribution >= 4 is 28.8 Å². The third-order valence-electron chi connectivity index (χ3n) is 6.74. The van der Waals surface area contributed by atoms with Crippen molar-refractivity contribution in [2.24, 2.45) is 11.8 Å². The van der Waals surface area contributed by atoms with Crippen molar-refractivity contribution in [2.75, 3.05) is 33.4 Å². The topological polar surface area (TPSA) is 94.0 Å². The van der Waals surface area contributed by atoms with Crippen LogP contribution < -0.4 is 0 Å². The predicted octanol–water partition coefficient (Wildman–Crippen LogP) is 4.78. The third kappa shape index (κ3) is 7.56. The van der Waals surface area contributed by atoms with Crippen LogP contribution in [-0.2, 0) is 20.8 Å². The first-order chi connectivity index (χ1) is 17.9. The maximum absolute atomic E-state index is 14.2. The highest BCUT2D eigenvalue weighted by molar-refractivity contribution is 5.95. The number of methoxy groups -OCH3 is 1. The number of nitrogens with zero attached hydrogens (tertiary/aromatic N) is 4. The number of carbonyl (C=O) groups excluding carboxylic acids is 3. The molecule has 38 heavy (non-hydrogen) atoms. The average Bonchev–Trinajstić information content (AvgIpc) is 3.22. The molecule has 1 aromatic heterocycles. The lowest BCUT2D eigenvalue weighted by Gasteiger charge is -2.42. The van der Waals surface area contributed by atoms with Gasteiger partial charge in [0, 0.05) is 45.8 Å². The summed E-state index contributed by atoms with van der Waals surface area (Å²) in [6.45, 7) is 13.5. The number of benzene rings is 1. The Morgan fingerprint density at radius 1 is 1.13 bits per heavy atom. The van der Waals surface area contributed by atoms with Gasteiger partial charge in [-0.2, -0.15) is 0 Å². The molecule has 1 aliphatic heterocycles. The van der Waals surface area contributed by atoms with E-state index < -0.39 is 11.7 Å². The number of unbranched alkanes of at least 4 members (excludes halogenated alkanes) is 1. The number of fused-ring (bicyclic) bond motifs is 1. The SMILES string of the molecule is COCCCCn1c(C(=O)N(CC(C)C)[C@H]2CC(C(C)=O)CN(C(=O)OC(C)(C)C)C2)nc2ccccc21. The molecule has 2 aromatic rings. The monoisotopic (exact) mass is 528 g/mol. The fourth-order valence-electron chi connectivity index (χ4n) is 4.97. The van der Waals surface area contributed by atoms with Crippen LogP contribution in [0.4, 0.5) is 4.79 Å². The Balaban J connectivity index is 1.97. The Bertz CT molecular complexity index is 1120. The summed E-state index contributed by atoms with van der Waals surface area (Å²) in [6.07, 6.45) is 1.76. The zero-order valence-corrected chi connectivity index (χ0v) is 24.0. The molecular formula is C29H44N4O5. The average molecular weight is 529 g/mol. The molecule has 0 aliphatic carbocycles. The second-order valence-electron chi connectivity index (χ2n) is 11.7. The standard InChI is InChI=1S/C29H44N4O5/c1-20(2)17-33(23-16-22(21(3)34)18-31(19-23)28(36)38-29(4,5)6)27(35)26-30-24-12-8-9-13-25(24)32(26)14-10-11-15-37-7/h8-9,12-13,20,22-23H,10-11,14-19H2,1-7H3/t22?,23-/m0/s1. The van der Waals surface area contributed by atoms with Crippen molar-refractivity contribution in [1.82, 2.24) is 19.4 Å². The molecule has 1 unspecified atom stereocenters. The number of likely N-dealkylation sites (tertiary alicyclic amines) is 1. The van der Waals surface area contributed by atoms with E-state index in [0.29, 0.717) is 45.0 Å². The van der Waals surface area contributed by atoms with Crippen molar-refractivity contribution in [3.63, 3.8) is 0 Å². The molecule has 1 saturated heterocycles. The Hall–Kier alpha value is -2.94. The Labute approximate surface area is 226 Å². The molecule has 0 radical (unpaired) electrons. The first-order valence-corrected chi connectivity index (χ1v) is 13.6. The maximum Gasteiger partial charge on any atom is 0.410 e. The van der Waals surface area contributed by atoms with Crippen LogP contribution in [0, 0.1) is 11.8 Å². The predicted molar refractivity (Wildman–Crippen MR) is 147 cm³/mol. The van der Waals surface area contributed by atoms with Gasteiger partial charge in [0.15, 0.2) is 5.82 Å². The number of Topliss-reactive ketones (excluding diaryl/α,β-unsaturated/α-hetero) is 1. The van der Waals surface area contributed by atoms with Gasteiger partial charge in [-0.25, -0.2) is 9.78 Å². The molecule has 0 saturated carbocycles. The first kappa shape index (κ1) is 29.6. The molecule has 0 bridgehead atoms. The lowest BCUT2D eigenvalue weighted by molar-refractivity contribution is -0.123. The number of para-hydroxylation sites is 2. The van der Waals surface area contributed by atoms with Crippen LogP contribution in [0.5, 0.6) is 0 Å². The Morgan fingerprint density at radius 2 is 1.84 bits per heavy atom. The second kappa shape index (κ2) is 12.7. The van der Waals surface area contributed by atoms with Gasteiger partial charge in [-0.05, 0) is 65.0 Å². The van der Waals surface area contributed by atoms with Gasteiger partial charge in [-0.15, -0.1) is 0 Å². The Morgan fingerprint density at radius 3 is 2.47 bits per heavy atom. The number of rotatable bonds is 10. The number of aryl methyl sites for hydroxylation is 1. The van der Waals surface area contributed by atoms with Crippen LogP contribution >= 0.6 is 0 Å². The number of carbonyl (C=O) groups is 3. The molecule has 9 heteroatoms. The van der Waals surface area contributed by atoms with Gasteiger partial charge in [0.1, 0.15) is 11.4 Å². The second-order valence-corrected chi connectivity index (χ2v) is 11.7. The van der Waals surface area contributed by atoms with Gasteiger partial charge in [0.05, 0.1) is 17.1 Å². The minimum atomic E-state index is -0.656. The molecule has 2 heterocycles. The summed E-state index contributed by atoms with van der Waals surface area (Å²) in [5.41, 5.74) is 1.03. The van der Waals surface area contributed by atoms with E-state index in [4.69, 9.17) is 14.5 Å². The molecular weight excluding hydrogens is 484 g/mol. The van der Waals surface area contributed by atoms with Gasteiger partial charge < -0.3 is 23.8 Å². The number of amides is 2. The van der Waals surface area contributed by atoms with E-state index in [-0.39, 0.29) is 29.6 Å². The van der Waals surface area contributed by atoms with E-state index in [0.717, 1.165) is 23.9 Å². The summed E-state index contributed by atoms with van der Waals surface area (Å²) in [4.78, 5) is 47.9. The normalized spacial score (nSPS) is 18.2. The van der Waals surface area contributed by atoms with Gasteiger partial charge in [0.2, 0.25) is 0 Å². The number of aromatic nitrogens is 2. The lowest BCUT2D eigenvalue weighted by Crippen LogP contribution is -2.56. The van der Waals surface area contributed by atoms with E-state index in [1.165, 1.54) is 0 Å². The van der Waals surface area contributed by atoms with E-state index >= 15 is 0 Å². The van der Waals surface area contributed by atoms with Crippen LogP contribution in [0.15, 0.2) is 24.3 Å². The molecule has 2 amide bonds. The third-order valence-corrected chi connectivity index (χ3v) is 6.74. The van der Waals surface area contributed by atoms with Crippen LogP contribution in [0.25, 0.3) is 11.0 Å². The molecule has 9 nitrogen and oxygen atoms in total. The first-order valence-electron chi connectivity index (χ1n) is 13.6. The molecule has 0 spiro atoms. The summed E-state index contributed by atoms with van der Waals surface area (Å²) in [5.74, 6) is 0.0337. The van der Waals surface area contributed by atoms with Gasteiger partial charge in [-0.3, -0.25) is 9.59 Å². The van der Waals surface area contributed by atoms with Crippen molar-refractivity contribution in [3.05, 3.63) is 30.1 Å². The van der Waals surface area contributed by atoms with Crippen molar-refractivity contribution < 1.29 is 23.9 Å². The highest BCUT2D eigenvalue weighted by atomic mass is 16.6. The quantitative estimate of drug-likeness (QED) is 0.412. The van der Waals surface area contributed by atoms with Crippen LogP contribution in [0.3, 0.4) is 0 Å². The summed E-state index contributed by atoms with van der Waals surface area (Å²) in [6, 6.07) is 7.44. The summed E-state index contributed by atoms with van der Waals surface area (Å²) >= 11 is 0. The maximum atomic E-state index is 14.2. The van der Waals surface area contributed by atoms with Crippen molar-refractivity contribution in [2.45, 2.75) is 79.0 Å². The largest absolute Gasteiger partial charge is 0.444 e. The smallest absolute Gasteiger partial charge is 0.410 e.